The molecule has 10 heteroatoms. The molecule has 88 valence electrons. The van der Waals surface area contributed by atoms with Gasteiger partial charge in [0, 0.05) is 6.07 Å². The predicted octanol–water partition coefficient (Wildman–Crippen LogP) is 0.151. The molecule has 1 heterocycles. The molecule has 0 aromatic carbocycles. The number of nitrogens with one attached hydrogen (secondary N) is 1. The van der Waals surface area contributed by atoms with Crippen molar-refractivity contribution in [2.75, 3.05) is 0 Å². The minimum atomic E-state index is -2.38. The molecule has 1 rings (SSSR count). The lowest BCUT2D eigenvalue weighted by Crippen LogP contribution is -2.44. The van der Waals surface area contributed by atoms with Crippen LogP contribution in [0.25, 0.3) is 0 Å². The number of H-pyrrole nitrogens is 1. The van der Waals surface area contributed by atoms with Gasteiger partial charge in [0.1, 0.15) is 0 Å². The van der Waals surface area contributed by atoms with Crippen molar-refractivity contribution < 1.29 is 9.63 Å². The van der Waals surface area contributed by atoms with Crippen LogP contribution in [-0.2, 0) is 4.79 Å². The first-order valence-corrected chi connectivity index (χ1v) is 5.15. The molecular formula is C6H3Cl3N2O4S. The molecular weight excluding hydrogens is 303 g/mol. The van der Waals surface area contributed by atoms with Gasteiger partial charge in [-0.15, -0.1) is 12.6 Å². The summed E-state index contributed by atoms with van der Waals surface area (Å²) in [7, 11) is 0. The molecule has 0 fully saturated rings. The normalized spacial score (nSPS) is 11.2. The first kappa shape index (κ1) is 13.4. The number of carbonyl (C=O) groups is 1. The Hall–Kier alpha value is -0.630. The van der Waals surface area contributed by atoms with Crippen LogP contribution in [0.1, 0.15) is 0 Å². The minimum Gasteiger partial charge on any atom is -0.324 e. The first-order chi connectivity index (χ1) is 7.21. The van der Waals surface area contributed by atoms with Gasteiger partial charge >= 0.3 is 11.7 Å². The van der Waals surface area contributed by atoms with Gasteiger partial charge in [-0.3, -0.25) is 9.78 Å². The van der Waals surface area contributed by atoms with Crippen LogP contribution in [0, 0.1) is 0 Å². The number of halogens is 3. The molecule has 1 aromatic heterocycles. The highest BCUT2D eigenvalue weighted by Gasteiger charge is 2.34. The van der Waals surface area contributed by atoms with Gasteiger partial charge in [-0.1, -0.05) is 39.5 Å². The first-order valence-electron chi connectivity index (χ1n) is 3.56. The van der Waals surface area contributed by atoms with Crippen molar-refractivity contribution >= 4 is 53.4 Å². The Morgan fingerprint density at radius 3 is 2.44 bits per heavy atom. The summed E-state index contributed by atoms with van der Waals surface area (Å²) in [6.45, 7) is 0. The van der Waals surface area contributed by atoms with Crippen LogP contribution in [0.5, 0.6) is 0 Å². The second-order valence-corrected chi connectivity index (χ2v) is 5.23. The van der Waals surface area contributed by atoms with E-state index >= 15 is 0 Å². The van der Waals surface area contributed by atoms with Crippen LogP contribution in [0.4, 0.5) is 0 Å². The lowest BCUT2D eigenvalue weighted by atomic mass is 10.7. The van der Waals surface area contributed by atoms with E-state index in [1.165, 1.54) is 0 Å². The van der Waals surface area contributed by atoms with Crippen molar-refractivity contribution in [3.63, 3.8) is 0 Å². The van der Waals surface area contributed by atoms with Crippen LogP contribution < -0.4 is 16.1 Å². The largest absolute Gasteiger partial charge is 0.384 e. The third-order valence-electron chi connectivity index (χ3n) is 1.29. The second kappa shape index (κ2) is 4.70. The van der Waals surface area contributed by atoms with E-state index in [1.807, 2.05) is 0 Å². The van der Waals surface area contributed by atoms with Gasteiger partial charge in [0.2, 0.25) is 0 Å². The minimum absolute atomic E-state index is 0.0104. The maximum Gasteiger partial charge on any atom is 0.384 e. The zero-order chi connectivity index (χ0) is 12.5. The van der Waals surface area contributed by atoms with E-state index in [2.05, 4.69) is 22.5 Å². The average molecular weight is 306 g/mol. The summed E-state index contributed by atoms with van der Waals surface area (Å²) in [5, 5.41) is 0.0104. The van der Waals surface area contributed by atoms with Crippen molar-refractivity contribution in [2.24, 2.45) is 0 Å². The number of alkyl halides is 3. The summed E-state index contributed by atoms with van der Waals surface area (Å²) in [6, 6.07) is 0.913. The maximum absolute atomic E-state index is 11.2. The third-order valence-corrected chi connectivity index (χ3v) is 1.99. The van der Waals surface area contributed by atoms with Crippen LogP contribution >= 0.6 is 47.4 Å². The molecule has 0 radical (unpaired) electrons. The number of hydrogen-bond acceptors (Lipinski definition) is 5. The number of nitrogens with zero attached hydrogens (tertiary/aromatic N) is 1. The molecule has 0 saturated carbocycles. The van der Waals surface area contributed by atoms with Gasteiger partial charge in [-0.05, 0) is 0 Å². The molecule has 0 aliphatic heterocycles. The van der Waals surface area contributed by atoms with Gasteiger partial charge in [0.15, 0.2) is 0 Å². The molecule has 0 spiro atoms. The van der Waals surface area contributed by atoms with Gasteiger partial charge in [0.05, 0.1) is 5.03 Å². The summed E-state index contributed by atoms with van der Waals surface area (Å²) < 4.78 is -2.27. The zero-order valence-corrected chi connectivity index (χ0v) is 10.4. The van der Waals surface area contributed by atoms with E-state index in [4.69, 9.17) is 34.8 Å². The number of thiol groups is 1. The fourth-order valence-electron chi connectivity index (χ4n) is 0.693. The van der Waals surface area contributed by atoms with Gasteiger partial charge < -0.3 is 4.84 Å². The highest BCUT2D eigenvalue weighted by atomic mass is 35.6. The lowest BCUT2D eigenvalue weighted by molar-refractivity contribution is -0.144. The van der Waals surface area contributed by atoms with Crippen molar-refractivity contribution in [1.82, 2.24) is 9.71 Å². The van der Waals surface area contributed by atoms with Gasteiger partial charge in [0.25, 0.3) is 9.35 Å². The summed E-state index contributed by atoms with van der Waals surface area (Å²) >= 11 is 19.3. The van der Waals surface area contributed by atoms with Crippen molar-refractivity contribution in [2.45, 2.75) is 8.82 Å². The van der Waals surface area contributed by atoms with Gasteiger partial charge in [-0.25, -0.2) is 9.59 Å². The number of carbonyl (C=O) groups excluding carboxylic acids is 1. The van der Waals surface area contributed by atoms with Crippen molar-refractivity contribution in [1.29, 1.82) is 0 Å². The number of aromatic amines is 1. The predicted molar refractivity (Wildman–Crippen MR) is 60.5 cm³/mol. The van der Waals surface area contributed by atoms with Crippen molar-refractivity contribution in [3.05, 3.63) is 26.9 Å². The fraction of sp³-hybridized carbons (Fsp3) is 0.167. The highest BCUT2D eigenvalue weighted by molar-refractivity contribution is 7.80. The molecule has 0 saturated heterocycles. The smallest absolute Gasteiger partial charge is 0.324 e. The Morgan fingerprint density at radius 1 is 1.44 bits per heavy atom. The van der Waals surface area contributed by atoms with Crippen LogP contribution in [0.3, 0.4) is 0 Å². The monoisotopic (exact) mass is 304 g/mol. The fourth-order valence-corrected chi connectivity index (χ4v) is 1.00. The van der Waals surface area contributed by atoms with Crippen LogP contribution in [0.15, 0.2) is 20.7 Å². The molecule has 6 nitrogen and oxygen atoms in total. The molecule has 16 heavy (non-hydrogen) atoms. The standard InChI is InChI=1S/C6H3Cl3N2O4S/c7-6(8,9)4(13)15-11-3(12)1-2(16)10-5(11)14/h1,16H,(H,10,14). The topological polar surface area (TPSA) is 81.2 Å². The van der Waals surface area contributed by atoms with E-state index in [0.29, 0.717) is 0 Å². The van der Waals surface area contributed by atoms with E-state index in [0.717, 1.165) is 6.07 Å². The molecule has 1 aromatic rings. The Kier molecular flexibility index (Phi) is 3.95. The van der Waals surface area contributed by atoms with E-state index in [9.17, 15) is 14.4 Å². The molecule has 1 N–H and O–H groups in total. The highest BCUT2D eigenvalue weighted by Crippen LogP contribution is 2.26. The Labute approximate surface area is 108 Å². The molecule has 0 bridgehead atoms. The SMILES string of the molecule is O=C(On1c(=O)cc(S)[nH]c1=O)C(Cl)(Cl)Cl. The molecule has 0 atom stereocenters. The maximum atomic E-state index is 11.2. The Morgan fingerprint density at radius 2 is 2.00 bits per heavy atom. The summed E-state index contributed by atoms with van der Waals surface area (Å²) in [4.78, 5) is 39.8. The van der Waals surface area contributed by atoms with E-state index in [-0.39, 0.29) is 9.76 Å². The van der Waals surface area contributed by atoms with Crippen molar-refractivity contribution in [3.8, 4) is 0 Å². The Balaban J connectivity index is 3.14. The lowest BCUT2D eigenvalue weighted by Gasteiger charge is -2.09. The van der Waals surface area contributed by atoms with Crippen LogP contribution in [-0.4, -0.2) is 19.5 Å². The number of hydrogen-bond donors (Lipinski definition) is 2. The van der Waals surface area contributed by atoms with E-state index < -0.39 is 21.0 Å². The third kappa shape index (κ3) is 3.18. The molecule has 0 amide bonds. The number of aromatic nitrogens is 2. The quantitative estimate of drug-likeness (QED) is 0.440. The Bertz CT molecular complexity index is 501. The summed E-state index contributed by atoms with van der Waals surface area (Å²) in [6.07, 6.45) is 0. The molecule has 0 unspecified atom stereocenters. The molecule has 0 aliphatic carbocycles. The summed E-state index contributed by atoms with van der Waals surface area (Å²) in [5.74, 6) is -1.38. The molecule has 0 aliphatic rings. The van der Waals surface area contributed by atoms with E-state index in [1.54, 1.807) is 0 Å². The zero-order valence-electron chi connectivity index (χ0n) is 7.24. The van der Waals surface area contributed by atoms with Gasteiger partial charge in [-0.2, -0.15) is 0 Å². The number of rotatable bonds is 1. The average Bonchev–Trinajstić information content (AvgIpc) is 2.08. The summed E-state index contributed by atoms with van der Waals surface area (Å²) in [5.41, 5.74) is -1.93. The second-order valence-electron chi connectivity index (χ2n) is 2.47. The van der Waals surface area contributed by atoms with Crippen LogP contribution in [0.2, 0.25) is 0 Å².